The van der Waals surface area contributed by atoms with Crippen LogP contribution in [0.15, 0.2) is 170 Å². The predicted molar refractivity (Wildman–Crippen MR) is 219 cm³/mol. The summed E-state index contributed by atoms with van der Waals surface area (Å²) in [4.78, 5) is 2.56. The Morgan fingerprint density at radius 2 is 0.940 bits per heavy atom. The molecule has 0 radical (unpaired) electrons. The number of hydrogen-bond acceptors (Lipinski definition) is 3. The molecule has 2 nitrogen and oxygen atoms in total. The van der Waals surface area contributed by atoms with Crippen molar-refractivity contribution in [1.82, 2.24) is 4.57 Å². The van der Waals surface area contributed by atoms with Crippen molar-refractivity contribution in [3.8, 4) is 5.69 Å². The number of aromatic nitrogens is 1. The topological polar surface area (TPSA) is 8.17 Å². The van der Waals surface area contributed by atoms with Crippen LogP contribution in [-0.2, 0) is 0 Å². The van der Waals surface area contributed by atoms with Gasteiger partial charge in [-0.2, -0.15) is 0 Å². The summed E-state index contributed by atoms with van der Waals surface area (Å²) in [5, 5.41) is 10.3. The lowest BCUT2D eigenvalue weighted by Crippen LogP contribution is -2.10. The highest BCUT2D eigenvalue weighted by atomic mass is 32.1. The first kappa shape index (κ1) is 28.0. The van der Waals surface area contributed by atoms with Crippen LogP contribution in [0.25, 0.3) is 78.6 Å². The van der Waals surface area contributed by atoms with Crippen molar-refractivity contribution < 1.29 is 0 Å². The molecule has 0 N–H and O–H groups in total. The van der Waals surface area contributed by atoms with Crippen LogP contribution < -0.4 is 4.90 Å². The number of hydrogen-bond donors (Lipinski definition) is 0. The summed E-state index contributed by atoms with van der Waals surface area (Å²) in [6, 6.07) is 62.3. The Labute approximate surface area is 296 Å². The van der Waals surface area contributed by atoms with Gasteiger partial charge in [-0.05, 0) is 59.3 Å². The van der Waals surface area contributed by atoms with Crippen LogP contribution in [0.3, 0.4) is 0 Å². The fourth-order valence-corrected chi connectivity index (χ4v) is 10.6. The fraction of sp³-hybridized carbons (Fsp3) is 0. The molecule has 8 aromatic carbocycles. The first-order valence-electron chi connectivity index (χ1n) is 16.9. The van der Waals surface area contributed by atoms with E-state index in [0.717, 1.165) is 5.69 Å². The molecule has 0 saturated carbocycles. The predicted octanol–water partition coefficient (Wildman–Crippen LogP) is 14.1. The Balaban J connectivity index is 1.30. The third kappa shape index (κ3) is 3.95. The zero-order valence-electron chi connectivity index (χ0n) is 26.9. The molecule has 0 unspecified atom stereocenters. The number of benzene rings is 8. The fourth-order valence-electron chi connectivity index (χ4n) is 8.03. The molecule has 0 amide bonds. The highest BCUT2D eigenvalue weighted by molar-refractivity contribution is 7.27. The van der Waals surface area contributed by atoms with E-state index in [1.165, 1.54) is 90.0 Å². The van der Waals surface area contributed by atoms with Crippen molar-refractivity contribution in [1.29, 1.82) is 0 Å². The Kier molecular flexibility index (Phi) is 6.03. The lowest BCUT2D eigenvalue weighted by Gasteiger charge is -2.27. The Hall–Kier alpha value is -5.94. The van der Waals surface area contributed by atoms with E-state index in [0.29, 0.717) is 0 Å². The van der Waals surface area contributed by atoms with Crippen molar-refractivity contribution >= 4 is 113 Å². The summed E-state index contributed by atoms with van der Waals surface area (Å²) in [6.07, 6.45) is 0. The smallest absolute Gasteiger partial charge is 0.0641 e. The summed E-state index contributed by atoms with van der Waals surface area (Å²) in [5.74, 6) is 0. The van der Waals surface area contributed by atoms with E-state index in [2.05, 4.69) is 179 Å². The first-order chi connectivity index (χ1) is 24.8. The number of fused-ring (bicyclic) bond motifs is 11. The highest BCUT2D eigenvalue weighted by Gasteiger charge is 2.25. The van der Waals surface area contributed by atoms with Crippen molar-refractivity contribution in [2.24, 2.45) is 0 Å². The summed E-state index contributed by atoms with van der Waals surface area (Å²) >= 11 is 3.80. The van der Waals surface area contributed by atoms with Crippen molar-refractivity contribution in [2.75, 3.05) is 4.90 Å². The summed E-state index contributed by atoms with van der Waals surface area (Å²) < 4.78 is 7.64. The van der Waals surface area contributed by atoms with E-state index in [1.807, 2.05) is 22.7 Å². The van der Waals surface area contributed by atoms with Crippen molar-refractivity contribution in [3.63, 3.8) is 0 Å². The van der Waals surface area contributed by atoms with E-state index in [4.69, 9.17) is 0 Å². The van der Waals surface area contributed by atoms with Gasteiger partial charge in [0.05, 0.1) is 37.5 Å². The van der Waals surface area contributed by atoms with Gasteiger partial charge in [0, 0.05) is 47.4 Å². The van der Waals surface area contributed by atoms with E-state index >= 15 is 0 Å². The number of anilines is 3. The van der Waals surface area contributed by atoms with E-state index in [-0.39, 0.29) is 0 Å². The second-order valence-corrected chi connectivity index (χ2v) is 14.9. The van der Waals surface area contributed by atoms with Crippen LogP contribution in [0.4, 0.5) is 17.1 Å². The van der Waals surface area contributed by atoms with Gasteiger partial charge in [-0.15, -0.1) is 22.7 Å². The van der Waals surface area contributed by atoms with Crippen LogP contribution in [0.5, 0.6) is 0 Å². The van der Waals surface area contributed by atoms with Crippen LogP contribution >= 0.6 is 22.7 Å². The number of nitrogens with zero attached hydrogens (tertiary/aromatic N) is 2. The molecule has 234 valence electrons. The van der Waals surface area contributed by atoms with Gasteiger partial charge in [-0.25, -0.2) is 0 Å². The van der Waals surface area contributed by atoms with E-state index in [1.54, 1.807) is 0 Å². The lowest BCUT2D eigenvalue weighted by molar-refractivity contribution is 1.18. The van der Waals surface area contributed by atoms with Gasteiger partial charge >= 0.3 is 0 Å². The average molecular weight is 673 g/mol. The molecule has 4 heteroatoms. The maximum Gasteiger partial charge on any atom is 0.0641 e. The zero-order valence-corrected chi connectivity index (χ0v) is 28.5. The Bertz CT molecular complexity index is 3110. The Morgan fingerprint density at radius 1 is 0.360 bits per heavy atom. The SMILES string of the molecule is c1ccc(-n2c3ccccc3c3c(N(c4cccc5c4sc4ccccc45)c4cccc5c4sc4c6ccccc6ccc54)cccc32)cc1. The maximum atomic E-state index is 2.56. The van der Waals surface area contributed by atoms with Crippen molar-refractivity contribution in [3.05, 3.63) is 170 Å². The van der Waals surface area contributed by atoms with Gasteiger partial charge in [-0.1, -0.05) is 121 Å². The molecule has 0 bridgehead atoms. The van der Waals surface area contributed by atoms with Crippen LogP contribution in [0.1, 0.15) is 0 Å². The molecule has 0 aliphatic rings. The molecule has 0 spiro atoms. The van der Waals surface area contributed by atoms with E-state index in [9.17, 15) is 0 Å². The van der Waals surface area contributed by atoms with Gasteiger partial charge in [0.2, 0.25) is 0 Å². The molecule has 0 aliphatic heterocycles. The quantitative estimate of drug-likeness (QED) is 0.181. The molecule has 0 saturated heterocycles. The molecule has 3 aromatic heterocycles. The molecule has 11 aromatic rings. The maximum absolute atomic E-state index is 2.56. The molecule has 0 fully saturated rings. The molecule has 0 aliphatic carbocycles. The second-order valence-electron chi connectivity index (χ2n) is 12.9. The van der Waals surface area contributed by atoms with Crippen LogP contribution in [0.2, 0.25) is 0 Å². The van der Waals surface area contributed by atoms with Gasteiger partial charge in [-0.3, -0.25) is 0 Å². The third-order valence-electron chi connectivity index (χ3n) is 10.2. The minimum Gasteiger partial charge on any atom is -0.309 e. The second kappa shape index (κ2) is 10.8. The third-order valence-corrected chi connectivity index (χ3v) is 12.7. The number of thiophene rings is 2. The molecular formula is C46H28N2S2. The first-order valence-corrected chi connectivity index (χ1v) is 18.6. The normalized spacial score (nSPS) is 12.0. The molecule has 11 rings (SSSR count). The summed E-state index contributed by atoms with van der Waals surface area (Å²) in [6.45, 7) is 0. The highest BCUT2D eigenvalue weighted by Crippen LogP contribution is 2.51. The van der Waals surface area contributed by atoms with Crippen molar-refractivity contribution in [2.45, 2.75) is 0 Å². The molecular weight excluding hydrogens is 645 g/mol. The monoisotopic (exact) mass is 672 g/mol. The van der Waals surface area contributed by atoms with E-state index < -0.39 is 0 Å². The summed E-state index contributed by atoms with van der Waals surface area (Å²) in [7, 11) is 0. The summed E-state index contributed by atoms with van der Waals surface area (Å²) in [5.41, 5.74) is 7.12. The van der Waals surface area contributed by atoms with Gasteiger partial charge in [0.15, 0.2) is 0 Å². The molecule has 50 heavy (non-hydrogen) atoms. The number of rotatable bonds is 4. The van der Waals surface area contributed by atoms with Crippen LogP contribution in [-0.4, -0.2) is 4.57 Å². The number of para-hydroxylation sites is 2. The largest absolute Gasteiger partial charge is 0.309 e. The van der Waals surface area contributed by atoms with Crippen LogP contribution in [0, 0.1) is 0 Å². The minimum absolute atomic E-state index is 1.16. The van der Waals surface area contributed by atoms with Gasteiger partial charge in [0.25, 0.3) is 0 Å². The lowest BCUT2D eigenvalue weighted by atomic mass is 10.0. The Morgan fingerprint density at radius 3 is 1.78 bits per heavy atom. The molecule has 0 atom stereocenters. The standard InChI is InChI=1S/C46H28N2S2/c1-2-14-30(15-3-1)47-37-21-8-6-18-36(37)43-38(47)22-12-23-39(43)48(40-24-10-19-33-32-17-7-9-26-42(32)49-45(33)40)41-25-11-20-34-35-28-27-29-13-4-5-16-31(29)44(35)50-46(34)41/h1-28H. The minimum atomic E-state index is 1.16. The van der Waals surface area contributed by atoms with Gasteiger partial charge < -0.3 is 9.47 Å². The zero-order chi connectivity index (χ0) is 32.8. The average Bonchev–Trinajstić information content (AvgIpc) is 3.86. The van der Waals surface area contributed by atoms with Gasteiger partial charge in [0.1, 0.15) is 0 Å². The molecule has 3 heterocycles.